The van der Waals surface area contributed by atoms with Gasteiger partial charge in [-0.25, -0.2) is 12.7 Å². The fraction of sp³-hybridized carbons (Fsp3) is 0.500. The highest BCUT2D eigenvalue weighted by Gasteiger charge is 2.31. The molecule has 0 saturated carbocycles. The van der Waals surface area contributed by atoms with Crippen LogP contribution in [0, 0.1) is 12.8 Å². The summed E-state index contributed by atoms with van der Waals surface area (Å²) >= 11 is 0. The van der Waals surface area contributed by atoms with Crippen molar-refractivity contribution in [2.75, 3.05) is 39.4 Å². The summed E-state index contributed by atoms with van der Waals surface area (Å²) in [6.45, 7) is 7.66. The van der Waals surface area contributed by atoms with Crippen molar-refractivity contribution in [3.63, 3.8) is 0 Å². The van der Waals surface area contributed by atoms with Crippen LogP contribution in [0.5, 0.6) is 0 Å². The molecule has 0 spiro atoms. The smallest absolute Gasteiger partial charge is 0.223 e. The minimum Gasteiger partial charge on any atom is -0.379 e. The predicted octanol–water partition coefficient (Wildman–Crippen LogP) is 2.69. The summed E-state index contributed by atoms with van der Waals surface area (Å²) < 4.78 is 32.6. The minimum absolute atomic E-state index is 0.00702. The molecule has 2 aliphatic rings. The number of aryl methyl sites for hydroxylation is 1. The number of nitrogens with zero attached hydrogens (tertiary/aromatic N) is 2. The van der Waals surface area contributed by atoms with Crippen LogP contribution in [0.1, 0.15) is 35.1 Å². The largest absolute Gasteiger partial charge is 0.379 e. The molecule has 34 heavy (non-hydrogen) atoms. The molecule has 2 saturated heterocycles. The van der Waals surface area contributed by atoms with E-state index in [1.165, 1.54) is 9.87 Å². The maximum absolute atomic E-state index is 12.8. The Bertz CT molecular complexity index is 1060. The molecule has 2 aliphatic heterocycles. The molecular weight excluding hydrogens is 450 g/mol. The van der Waals surface area contributed by atoms with Gasteiger partial charge in [-0.15, -0.1) is 0 Å². The number of benzene rings is 2. The number of amides is 1. The fourth-order valence-corrected chi connectivity index (χ4v) is 6.16. The van der Waals surface area contributed by atoms with E-state index in [2.05, 4.69) is 34.5 Å². The number of morpholine rings is 1. The van der Waals surface area contributed by atoms with Crippen molar-refractivity contribution in [3.05, 3.63) is 70.8 Å². The SMILES string of the molecule is Cc1cccc(CS(=O)(=O)N2CCC(C(=O)NCc3ccc(CN4CCOCC4)cc3)CC2)c1. The monoisotopic (exact) mass is 485 g/mol. The van der Waals surface area contributed by atoms with Crippen molar-refractivity contribution in [1.82, 2.24) is 14.5 Å². The molecule has 7 nitrogen and oxygen atoms in total. The molecule has 4 rings (SSSR count). The number of carbonyl (C=O) groups excluding carboxylic acids is 1. The summed E-state index contributed by atoms with van der Waals surface area (Å²) in [5, 5.41) is 3.04. The molecule has 1 amide bonds. The molecule has 0 unspecified atom stereocenters. The molecule has 2 heterocycles. The first-order chi connectivity index (χ1) is 16.4. The summed E-state index contributed by atoms with van der Waals surface area (Å²) in [4.78, 5) is 15.1. The van der Waals surface area contributed by atoms with E-state index in [0.717, 1.165) is 49.5 Å². The highest BCUT2D eigenvalue weighted by molar-refractivity contribution is 7.88. The maximum Gasteiger partial charge on any atom is 0.223 e. The Morgan fingerprint density at radius 2 is 1.65 bits per heavy atom. The van der Waals surface area contributed by atoms with Crippen molar-refractivity contribution in [2.45, 2.75) is 38.6 Å². The molecule has 8 heteroatoms. The number of piperidine rings is 1. The highest BCUT2D eigenvalue weighted by Crippen LogP contribution is 2.22. The first-order valence-electron chi connectivity index (χ1n) is 12.1. The van der Waals surface area contributed by atoms with Crippen molar-refractivity contribution < 1.29 is 17.9 Å². The molecule has 2 aromatic carbocycles. The third kappa shape index (κ3) is 6.88. The lowest BCUT2D eigenvalue weighted by atomic mass is 9.97. The topological polar surface area (TPSA) is 79.0 Å². The van der Waals surface area contributed by atoms with Crippen LogP contribution in [0.15, 0.2) is 48.5 Å². The first kappa shape index (κ1) is 24.9. The fourth-order valence-electron chi connectivity index (χ4n) is 4.61. The van der Waals surface area contributed by atoms with Gasteiger partial charge in [0.15, 0.2) is 0 Å². The second-order valence-electron chi connectivity index (χ2n) is 9.34. The number of hydrogen-bond donors (Lipinski definition) is 1. The van der Waals surface area contributed by atoms with Gasteiger partial charge in [-0.3, -0.25) is 9.69 Å². The molecular formula is C26H35N3O4S. The Hall–Kier alpha value is -2.26. The lowest BCUT2D eigenvalue weighted by molar-refractivity contribution is -0.126. The summed E-state index contributed by atoms with van der Waals surface area (Å²) in [7, 11) is -3.38. The Balaban J connectivity index is 1.21. The Labute approximate surface area is 203 Å². The van der Waals surface area contributed by atoms with Gasteiger partial charge in [0.05, 0.1) is 19.0 Å². The van der Waals surface area contributed by atoms with E-state index in [9.17, 15) is 13.2 Å². The number of sulfonamides is 1. The van der Waals surface area contributed by atoms with Gasteiger partial charge in [-0.1, -0.05) is 54.1 Å². The van der Waals surface area contributed by atoms with Crippen molar-refractivity contribution in [2.24, 2.45) is 5.92 Å². The van der Waals surface area contributed by atoms with Crippen molar-refractivity contribution in [3.8, 4) is 0 Å². The van der Waals surface area contributed by atoms with Gasteiger partial charge in [0.1, 0.15) is 0 Å². The van der Waals surface area contributed by atoms with E-state index in [4.69, 9.17) is 4.74 Å². The Morgan fingerprint density at radius 3 is 2.32 bits per heavy atom. The van der Waals surface area contributed by atoms with E-state index in [0.29, 0.717) is 32.5 Å². The van der Waals surface area contributed by atoms with Gasteiger partial charge in [0, 0.05) is 45.2 Å². The average molecular weight is 486 g/mol. The van der Waals surface area contributed by atoms with Crippen LogP contribution < -0.4 is 5.32 Å². The van der Waals surface area contributed by atoms with Gasteiger partial charge in [-0.05, 0) is 36.5 Å². The number of nitrogens with one attached hydrogen (secondary N) is 1. The average Bonchev–Trinajstić information content (AvgIpc) is 2.84. The Morgan fingerprint density at radius 1 is 0.971 bits per heavy atom. The van der Waals surface area contributed by atoms with Crippen LogP contribution in [0.4, 0.5) is 0 Å². The van der Waals surface area contributed by atoms with Crippen molar-refractivity contribution in [1.29, 1.82) is 0 Å². The molecule has 0 aliphatic carbocycles. The molecule has 0 aromatic heterocycles. The first-order valence-corrected chi connectivity index (χ1v) is 13.7. The minimum atomic E-state index is -3.38. The second-order valence-corrected chi connectivity index (χ2v) is 11.3. The molecule has 0 bridgehead atoms. The summed E-state index contributed by atoms with van der Waals surface area (Å²) in [5.41, 5.74) is 4.18. The quantitative estimate of drug-likeness (QED) is 0.622. The van der Waals surface area contributed by atoms with Crippen LogP contribution in [0.3, 0.4) is 0 Å². The zero-order chi connectivity index (χ0) is 24.0. The van der Waals surface area contributed by atoms with E-state index < -0.39 is 10.0 Å². The normalized spacial score (nSPS) is 18.6. The van der Waals surface area contributed by atoms with Crippen LogP contribution in [-0.2, 0) is 38.4 Å². The van der Waals surface area contributed by atoms with Gasteiger partial charge in [0.25, 0.3) is 0 Å². The van der Waals surface area contributed by atoms with E-state index in [1.54, 1.807) is 0 Å². The van der Waals surface area contributed by atoms with Crippen LogP contribution >= 0.6 is 0 Å². The summed E-state index contributed by atoms with van der Waals surface area (Å²) in [5.74, 6) is -0.133. The third-order valence-electron chi connectivity index (χ3n) is 6.65. The van der Waals surface area contributed by atoms with Crippen LogP contribution in [0.25, 0.3) is 0 Å². The number of carbonyl (C=O) groups is 1. The summed E-state index contributed by atoms with van der Waals surface area (Å²) in [6.07, 6.45) is 1.11. The molecule has 2 aromatic rings. The van der Waals surface area contributed by atoms with E-state index >= 15 is 0 Å². The predicted molar refractivity (Wildman–Crippen MR) is 132 cm³/mol. The zero-order valence-corrected chi connectivity index (χ0v) is 20.7. The number of ether oxygens (including phenoxy) is 1. The molecule has 0 atom stereocenters. The maximum atomic E-state index is 12.8. The van der Waals surface area contributed by atoms with Crippen LogP contribution in [0.2, 0.25) is 0 Å². The van der Waals surface area contributed by atoms with Gasteiger partial charge >= 0.3 is 0 Å². The second kappa shape index (κ2) is 11.4. The summed E-state index contributed by atoms with van der Waals surface area (Å²) in [6, 6.07) is 16.0. The van der Waals surface area contributed by atoms with E-state index in [1.807, 2.05) is 31.2 Å². The van der Waals surface area contributed by atoms with Gasteiger partial charge in [-0.2, -0.15) is 0 Å². The van der Waals surface area contributed by atoms with Gasteiger partial charge < -0.3 is 10.1 Å². The molecule has 1 N–H and O–H groups in total. The number of hydrogen-bond acceptors (Lipinski definition) is 5. The van der Waals surface area contributed by atoms with Crippen molar-refractivity contribution >= 4 is 15.9 Å². The lowest BCUT2D eigenvalue weighted by Gasteiger charge is -2.30. The number of rotatable bonds is 8. The molecule has 184 valence electrons. The highest BCUT2D eigenvalue weighted by atomic mass is 32.2. The lowest BCUT2D eigenvalue weighted by Crippen LogP contribution is -2.43. The molecule has 0 radical (unpaired) electrons. The Kier molecular flexibility index (Phi) is 8.37. The van der Waals surface area contributed by atoms with Gasteiger partial charge in [0.2, 0.25) is 15.9 Å². The van der Waals surface area contributed by atoms with E-state index in [-0.39, 0.29) is 17.6 Å². The molecule has 2 fully saturated rings. The third-order valence-corrected chi connectivity index (χ3v) is 8.50. The standard InChI is InChI=1S/C26H35N3O4S/c1-21-3-2-4-24(17-21)20-34(31,32)29-11-9-25(10-12-29)26(30)27-18-22-5-7-23(8-6-22)19-28-13-15-33-16-14-28/h2-8,17,25H,9-16,18-20H2,1H3,(H,27,30). The van der Waals surface area contributed by atoms with Crippen LogP contribution in [-0.4, -0.2) is 62.9 Å². The zero-order valence-electron chi connectivity index (χ0n) is 19.9.